The predicted molar refractivity (Wildman–Crippen MR) is 82.1 cm³/mol. The Morgan fingerprint density at radius 1 is 1.48 bits per heavy atom. The molecule has 1 heterocycles. The van der Waals surface area contributed by atoms with Crippen molar-refractivity contribution in [3.63, 3.8) is 0 Å². The molecule has 1 aliphatic heterocycles. The maximum Gasteiger partial charge on any atom is 0.120 e. The number of rotatable bonds is 6. The van der Waals surface area contributed by atoms with Gasteiger partial charge in [0.25, 0.3) is 0 Å². The number of likely N-dealkylation sites (tertiary alicyclic amines) is 1. The molecule has 4 heteroatoms. The van der Waals surface area contributed by atoms with Crippen LogP contribution in [0.15, 0.2) is 24.3 Å². The quantitative estimate of drug-likeness (QED) is 0.873. The van der Waals surface area contributed by atoms with Crippen LogP contribution in [-0.2, 0) is 0 Å². The van der Waals surface area contributed by atoms with E-state index in [-0.39, 0.29) is 6.61 Å². The summed E-state index contributed by atoms with van der Waals surface area (Å²) >= 11 is 0. The van der Waals surface area contributed by atoms with Crippen LogP contribution in [0.4, 0.5) is 0 Å². The molecule has 1 aromatic rings. The molecule has 2 unspecified atom stereocenters. The number of hydrogen-bond acceptors (Lipinski definition) is 4. The molecule has 0 saturated carbocycles. The largest absolute Gasteiger partial charge is 0.491 e. The lowest BCUT2D eigenvalue weighted by atomic mass is 10.0. The molecule has 1 aliphatic rings. The van der Waals surface area contributed by atoms with Crippen molar-refractivity contribution in [2.75, 3.05) is 19.7 Å². The van der Waals surface area contributed by atoms with Crippen molar-refractivity contribution in [2.24, 2.45) is 5.92 Å². The molecule has 0 radical (unpaired) electrons. The number of nitrogens with zero attached hydrogens (tertiary/aromatic N) is 2. The SMILES string of the molecule is CC(C)C1CCCN1CC(O)COc1cccc(C#N)c1. The average Bonchev–Trinajstić information content (AvgIpc) is 2.93. The highest BCUT2D eigenvalue weighted by molar-refractivity contribution is 5.36. The lowest BCUT2D eigenvalue weighted by molar-refractivity contribution is 0.0571. The number of hydrogen-bond donors (Lipinski definition) is 1. The smallest absolute Gasteiger partial charge is 0.120 e. The molecular formula is C17H24N2O2. The Bertz CT molecular complexity index is 496. The van der Waals surface area contributed by atoms with Crippen molar-refractivity contribution in [2.45, 2.75) is 38.8 Å². The molecule has 1 N–H and O–H groups in total. The number of aliphatic hydroxyl groups excluding tert-OH is 1. The standard InChI is InChI=1S/C17H24N2O2/c1-13(2)17-7-4-8-19(17)11-15(20)12-21-16-6-3-5-14(9-16)10-18/h3,5-6,9,13,15,17,20H,4,7-8,11-12H2,1-2H3. The number of β-amino-alcohol motifs (C(OH)–C–C–N with tert-alkyl or cyclic N) is 1. The van der Waals surface area contributed by atoms with Gasteiger partial charge < -0.3 is 9.84 Å². The first-order valence-electron chi connectivity index (χ1n) is 7.65. The molecule has 2 atom stereocenters. The van der Waals surface area contributed by atoms with Crippen LogP contribution in [0.2, 0.25) is 0 Å². The van der Waals surface area contributed by atoms with Gasteiger partial charge in [-0.2, -0.15) is 5.26 Å². The molecule has 0 aliphatic carbocycles. The van der Waals surface area contributed by atoms with Crippen LogP contribution in [0, 0.1) is 17.2 Å². The summed E-state index contributed by atoms with van der Waals surface area (Å²) < 4.78 is 5.59. The van der Waals surface area contributed by atoms with Gasteiger partial charge in [-0.05, 0) is 43.5 Å². The van der Waals surface area contributed by atoms with E-state index in [0.29, 0.717) is 29.8 Å². The summed E-state index contributed by atoms with van der Waals surface area (Å²) in [5, 5.41) is 19.0. The summed E-state index contributed by atoms with van der Waals surface area (Å²) in [5.41, 5.74) is 0.571. The van der Waals surface area contributed by atoms with Gasteiger partial charge in [-0.25, -0.2) is 0 Å². The van der Waals surface area contributed by atoms with Crippen molar-refractivity contribution >= 4 is 0 Å². The predicted octanol–water partition coefficient (Wildman–Crippen LogP) is 2.42. The first-order valence-corrected chi connectivity index (χ1v) is 7.65. The fourth-order valence-corrected chi connectivity index (χ4v) is 3.00. The fraction of sp³-hybridized carbons (Fsp3) is 0.588. The second-order valence-corrected chi connectivity index (χ2v) is 6.05. The molecule has 1 aromatic carbocycles. The summed E-state index contributed by atoms with van der Waals surface area (Å²) in [5.74, 6) is 1.25. The maximum atomic E-state index is 10.2. The topological polar surface area (TPSA) is 56.5 Å². The van der Waals surface area contributed by atoms with Gasteiger partial charge in [0, 0.05) is 12.6 Å². The second-order valence-electron chi connectivity index (χ2n) is 6.05. The van der Waals surface area contributed by atoms with E-state index in [0.717, 1.165) is 6.54 Å². The Labute approximate surface area is 127 Å². The van der Waals surface area contributed by atoms with Crippen LogP contribution in [0.25, 0.3) is 0 Å². The maximum absolute atomic E-state index is 10.2. The lowest BCUT2D eigenvalue weighted by Gasteiger charge is -2.29. The number of ether oxygens (including phenoxy) is 1. The highest BCUT2D eigenvalue weighted by Gasteiger charge is 2.28. The zero-order valence-corrected chi connectivity index (χ0v) is 12.8. The van der Waals surface area contributed by atoms with E-state index < -0.39 is 6.10 Å². The number of aliphatic hydroxyl groups is 1. The molecule has 0 bridgehead atoms. The van der Waals surface area contributed by atoms with Gasteiger partial charge in [0.2, 0.25) is 0 Å². The third kappa shape index (κ3) is 4.45. The minimum Gasteiger partial charge on any atom is -0.491 e. The van der Waals surface area contributed by atoms with Gasteiger partial charge in [0.1, 0.15) is 18.5 Å². The normalized spacial score (nSPS) is 20.4. The summed E-state index contributed by atoms with van der Waals surface area (Å²) in [6.45, 7) is 6.44. The zero-order chi connectivity index (χ0) is 15.2. The first kappa shape index (κ1) is 15.8. The van der Waals surface area contributed by atoms with E-state index in [9.17, 15) is 5.11 Å². The van der Waals surface area contributed by atoms with Gasteiger partial charge in [0.05, 0.1) is 11.6 Å². The molecule has 0 spiro atoms. The van der Waals surface area contributed by atoms with Crippen molar-refractivity contribution in [1.29, 1.82) is 5.26 Å². The summed E-state index contributed by atoms with van der Waals surface area (Å²) in [6.07, 6.45) is 1.92. The fourth-order valence-electron chi connectivity index (χ4n) is 3.00. The molecule has 0 amide bonds. The highest BCUT2D eigenvalue weighted by Crippen LogP contribution is 2.23. The number of benzene rings is 1. The lowest BCUT2D eigenvalue weighted by Crippen LogP contribution is -2.40. The Kier molecular flexibility index (Phi) is 5.60. The van der Waals surface area contributed by atoms with Gasteiger partial charge in [0.15, 0.2) is 0 Å². The Morgan fingerprint density at radius 2 is 2.29 bits per heavy atom. The molecule has 1 saturated heterocycles. The molecule has 21 heavy (non-hydrogen) atoms. The van der Waals surface area contributed by atoms with Crippen LogP contribution in [0.3, 0.4) is 0 Å². The molecule has 114 valence electrons. The van der Waals surface area contributed by atoms with Gasteiger partial charge >= 0.3 is 0 Å². The molecule has 2 rings (SSSR count). The van der Waals surface area contributed by atoms with Crippen LogP contribution in [-0.4, -0.2) is 41.8 Å². The Balaban J connectivity index is 1.82. The molecule has 4 nitrogen and oxygen atoms in total. The molecular weight excluding hydrogens is 264 g/mol. The Hall–Kier alpha value is -1.57. The van der Waals surface area contributed by atoms with E-state index in [1.54, 1.807) is 24.3 Å². The van der Waals surface area contributed by atoms with E-state index in [2.05, 4.69) is 24.8 Å². The van der Waals surface area contributed by atoms with Crippen molar-refractivity contribution in [3.8, 4) is 11.8 Å². The van der Waals surface area contributed by atoms with Crippen molar-refractivity contribution in [1.82, 2.24) is 4.90 Å². The second kappa shape index (κ2) is 7.44. The summed E-state index contributed by atoms with van der Waals surface area (Å²) in [6, 6.07) is 9.68. The zero-order valence-electron chi connectivity index (χ0n) is 12.8. The Morgan fingerprint density at radius 3 is 3.00 bits per heavy atom. The monoisotopic (exact) mass is 288 g/mol. The highest BCUT2D eigenvalue weighted by atomic mass is 16.5. The van der Waals surface area contributed by atoms with Crippen molar-refractivity contribution in [3.05, 3.63) is 29.8 Å². The third-order valence-electron chi connectivity index (χ3n) is 4.03. The minimum atomic E-state index is -0.505. The van der Waals surface area contributed by atoms with Crippen LogP contribution >= 0.6 is 0 Å². The van der Waals surface area contributed by atoms with E-state index in [4.69, 9.17) is 10.00 Å². The van der Waals surface area contributed by atoms with E-state index in [1.165, 1.54) is 12.8 Å². The number of nitriles is 1. The minimum absolute atomic E-state index is 0.260. The third-order valence-corrected chi connectivity index (χ3v) is 4.03. The van der Waals surface area contributed by atoms with Crippen LogP contribution in [0.1, 0.15) is 32.3 Å². The van der Waals surface area contributed by atoms with Crippen molar-refractivity contribution < 1.29 is 9.84 Å². The summed E-state index contributed by atoms with van der Waals surface area (Å²) in [4.78, 5) is 2.37. The summed E-state index contributed by atoms with van der Waals surface area (Å²) in [7, 11) is 0. The molecule has 0 aromatic heterocycles. The first-order chi connectivity index (χ1) is 10.1. The van der Waals surface area contributed by atoms with Gasteiger partial charge in [-0.3, -0.25) is 4.90 Å². The van der Waals surface area contributed by atoms with E-state index >= 15 is 0 Å². The average molecular weight is 288 g/mol. The van der Waals surface area contributed by atoms with E-state index in [1.807, 2.05) is 0 Å². The van der Waals surface area contributed by atoms with Gasteiger partial charge in [-0.15, -0.1) is 0 Å². The van der Waals surface area contributed by atoms with Crippen LogP contribution < -0.4 is 4.74 Å². The van der Waals surface area contributed by atoms with Gasteiger partial charge in [-0.1, -0.05) is 19.9 Å². The van der Waals surface area contributed by atoms with Crippen LogP contribution in [0.5, 0.6) is 5.75 Å². The molecule has 1 fully saturated rings.